The maximum Gasteiger partial charge on any atom is 0.126 e. The fourth-order valence-corrected chi connectivity index (χ4v) is 1.98. The van der Waals surface area contributed by atoms with E-state index < -0.39 is 0 Å². The van der Waals surface area contributed by atoms with Crippen LogP contribution in [0.3, 0.4) is 0 Å². The van der Waals surface area contributed by atoms with Crippen LogP contribution in [0.1, 0.15) is 16.7 Å². The third kappa shape index (κ3) is 3.84. The molecule has 2 rings (SSSR count). The van der Waals surface area contributed by atoms with Gasteiger partial charge in [0.15, 0.2) is 0 Å². The van der Waals surface area contributed by atoms with E-state index in [0.717, 1.165) is 16.9 Å². The Bertz CT molecular complexity index is 703. The molecule has 0 atom stereocenters. The Morgan fingerprint density at radius 1 is 1.10 bits per heavy atom. The van der Waals surface area contributed by atoms with E-state index in [1.807, 2.05) is 73.7 Å². The van der Waals surface area contributed by atoms with Crippen molar-refractivity contribution in [3.05, 3.63) is 77.4 Å². The summed E-state index contributed by atoms with van der Waals surface area (Å²) in [6.07, 6.45) is 5.62. The summed E-state index contributed by atoms with van der Waals surface area (Å²) in [7, 11) is 1.65. The molecule has 0 heterocycles. The minimum atomic E-state index is 0.640. The molecule has 0 aromatic heterocycles. The molecule has 0 unspecified atom stereocenters. The Hall–Kier alpha value is -2.79. The zero-order chi connectivity index (χ0) is 15.1. The van der Waals surface area contributed by atoms with E-state index in [1.54, 1.807) is 7.11 Å². The quantitative estimate of drug-likeness (QED) is 0.602. The van der Waals surface area contributed by atoms with Crippen molar-refractivity contribution in [1.29, 1.82) is 5.26 Å². The highest BCUT2D eigenvalue weighted by molar-refractivity contribution is 5.78. The summed E-state index contributed by atoms with van der Waals surface area (Å²) in [4.78, 5) is 0. The molecule has 2 aromatic rings. The van der Waals surface area contributed by atoms with E-state index in [4.69, 9.17) is 4.74 Å². The molecule has 0 spiro atoms. The van der Waals surface area contributed by atoms with Gasteiger partial charge in [0, 0.05) is 5.56 Å². The number of nitriles is 1. The van der Waals surface area contributed by atoms with E-state index in [0.29, 0.717) is 5.57 Å². The van der Waals surface area contributed by atoms with Gasteiger partial charge >= 0.3 is 0 Å². The van der Waals surface area contributed by atoms with Crippen LogP contribution in [0.5, 0.6) is 5.75 Å². The average molecular weight is 275 g/mol. The van der Waals surface area contributed by atoms with Gasteiger partial charge in [0.1, 0.15) is 5.75 Å². The molecule has 104 valence electrons. The maximum absolute atomic E-state index is 9.27. The van der Waals surface area contributed by atoms with Crippen molar-refractivity contribution in [3.8, 4) is 11.8 Å². The Morgan fingerprint density at radius 3 is 2.48 bits per heavy atom. The number of hydrogen-bond donors (Lipinski definition) is 0. The van der Waals surface area contributed by atoms with Crippen LogP contribution in [0.4, 0.5) is 0 Å². The highest BCUT2D eigenvalue weighted by Crippen LogP contribution is 2.19. The van der Waals surface area contributed by atoms with Crippen LogP contribution in [0.2, 0.25) is 0 Å². The van der Waals surface area contributed by atoms with Crippen LogP contribution < -0.4 is 4.74 Å². The lowest BCUT2D eigenvalue weighted by Gasteiger charge is -2.02. The van der Waals surface area contributed by atoms with Gasteiger partial charge in [0.25, 0.3) is 0 Å². The van der Waals surface area contributed by atoms with Gasteiger partial charge in [-0.25, -0.2) is 0 Å². The van der Waals surface area contributed by atoms with Crippen LogP contribution in [0, 0.1) is 18.3 Å². The van der Waals surface area contributed by atoms with Gasteiger partial charge in [-0.3, -0.25) is 0 Å². The van der Waals surface area contributed by atoms with E-state index in [1.165, 1.54) is 5.56 Å². The molecule has 0 aliphatic rings. The van der Waals surface area contributed by atoms with Crippen LogP contribution in [-0.2, 0) is 0 Å². The fourth-order valence-electron chi connectivity index (χ4n) is 1.98. The number of para-hydroxylation sites is 1. The van der Waals surface area contributed by atoms with Gasteiger partial charge in [0.2, 0.25) is 0 Å². The summed E-state index contributed by atoms with van der Waals surface area (Å²) in [6.45, 7) is 2.03. The lowest BCUT2D eigenvalue weighted by atomic mass is 10.0. The van der Waals surface area contributed by atoms with Crippen LogP contribution in [0.25, 0.3) is 11.6 Å². The predicted molar refractivity (Wildman–Crippen MR) is 86.8 cm³/mol. The molecule has 0 aliphatic carbocycles. The molecule has 0 amide bonds. The van der Waals surface area contributed by atoms with E-state index in [-0.39, 0.29) is 0 Å². The van der Waals surface area contributed by atoms with Gasteiger partial charge in [-0.05, 0) is 24.6 Å². The first-order valence-electron chi connectivity index (χ1n) is 6.73. The fraction of sp³-hybridized carbons (Fsp3) is 0.105. The van der Waals surface area contributed by atoms with Crippen LogP contribution >= 0.6 is 0 Å². The Kier molecular flexibility index (Phi) is 4.95. The second-order valence-corrected chi connectivity index (χ2v) is 4.66. The van der Waals surface area contributed by atoms with Gasteiger partial charge in [-0.2, -0.15) is 5.26 Å². The summed E-state index contributed by atoms with van der Waals surface area (Å²) < 4.78 is 5.29. The lowest BCUT2D eigenvalue weighted by Crippen LogP contribution is -1.85. The van der Waals surface area contributed by atoms with Crippen molar-refractivity contribution in [2.75, 3.05) is 7.11 Å². The number of methoxy groups -OCH3 is 1. The molecule has 0 saturated heterocycles. The first kappa shape index (κ1) is 14.6. The standard InChI is InChI=1S/C19H17NO/c1-15-10-12-16(13-11-15)18(14-20)8-5-7-17-6-3-4-9-19(17)21-2/h3-13H,1-2H3. The van der Waals surface area contributed by atoms with Crippen LogP contribution in [0.15, 0.2) is 60.7 Å². The number of benzene rings is 2. The third-order valence-corrected chi connectivity index (χ3v) is 3.16. The Labute approximate surface area is 125 Å². The number of ether oxygens (including phenoxy) is 1. The van der Waals surface area contributed by atoms with E-state index >= 15 is 0 Å². The molecule has 0 saturated carbocycles. The van der Waals surface area contributed by atoms with Crippen molar-refractivity contribution < 1.29 is 4.74 Å². The van der Waals surface area contributed by atoms with Gasteiger partial charge in [-0.15, -0.1) is 0 Å². The van der Waals surface area contributed by atoms with Crippen LogP contribution in [-0.4, -0.2) is 7.11 Å². The summed E-state index contributed by atoms with van der Waals surface area (Å²) in [5.74, 6) is 0.816. The number of aryl methyl sites for hydroxylation is 1. The van der Waals surface area contributed by atoms with Crippen molar-refractivity contribution in [2.24, 2.45) is 0 Å². The topological polar surface area (TPSA) is 33.0 Å². The van der Waals surface area contributed by atoms with Gasteiger partial charge < -0.3 is 4.74 Å². The maximum atomic E-state index is 9.27. The first-order chi connectivity index (χ1) is 10.2. The molecule has 0 fully saturated rings. The monoisotopic (exact) mass is 275 g/mol. The highest BCUT2D eigenvalue weighted by atomic mass is 16.5. The molecule has 21 heavy (non-hydrogen) atoms. The summed E-state index contributed by atoms with van der Waals surface area (Å²) in [5.41, 5.74) is 3.73. The predicted octanol–water partition coefficient (Wildman–Crippen LogP) is 4.62. The van der Waals surface area contributed by atoms with E-state index in [2.05, 4.69) is 6.07 Å². The Morgan fingerprint density at radius 2 is 1.81 bits per heavy atom. The summed E-state index contributed by atoms with van der Waals surface area (Å²) >= 11 is 0. The van der Waals surface area contributed by atoms with Crippen molar-refractivity contribution in [2.45, 2.75) is 6.92 Å². The molecule has 2 aromatic carbocycles. The normalized spacial score (nSPS) is 11.4. The van der Waals surface area contributed by atoms with Crippen molar-refractivity contribution >= 4 is 11.6 Å². The first-order valence-corrected chi connectivity index (χ1v) is 6.73. The molecule has 0 aliphatic heterocycles. The zero-order valence-corrected chi connectivity index (χ0v) is 12.2. The minimum Gasteiger partial charge on any atom is -0.496 e. The molecule has 2 heteroatoms. The molecular formula is C19H17NO. The zero-order valence-electron chi connectivity index (χ0n) is 12.2. The van der Waals surface area contributed by atoms with Crippen molar-refractivity contribution in [3.63, 3.8) is 0 Å². The van der Waals surface area contributed by atoms with Crippen molar-refractivity contribution in [1.82, 2.24) is 0 Å². The highest BCUT2D eigenvalue weighted by Gasteiger charge is 1.99. The smallest absolute Gasteiger partial charge is 0.126 e. The largest absolute Gasteiger partial charge is 0.496 e. The molecular weight excluding hydrogens is 258 g/mol. The third-order valence-electron chi connectivity index (χ3n) is 3.16. The average Bonchev–Trinajstić information content (AvgIpc) is 2.53. The molecule has 2 nitrogen and oxygen atoms in total. The van der Waals surface area contributed by atoms with Gasteiger partial charge in [0.05, 0.1) is 18.8 Å². The number of allylic oxidation sites excluding steroid dienone is 3. The molecule has 0 radical (unpaired) electrons. The second kappa shape index (κ2) is 7.12. The number of rotatable bonds is 4. The molecule has 0 bridgehead atoms. The number of hydrogen-bond acceptors (Lipinski definition) is 2. The Balaban J connectivity index is 2.24. The SMILES string of the molecule is COc1ccccc1C=CC=C(C#N)c1ccc(C)cc1. The summed E-state index contributed by atoms with van der Waals surface area (Å²) in [6, 6.07) is 17.9. The van der Waals surface area contributed by atoms with E-state index in [9.17, 15) is 5.26 Å². The number of nitrogens with zero attached hydrogens (tertiary/aromatic N) is 1. The summed E-state index contributed by atoms with van der Waals surface area (Å²) in [5, 5.41) is 9.27. The lowest BCUT2D eigenvalue weighted by molar-refractivity contribution is 0.414. The second-order valence-electron chi connectivity index (χ2n) is 4.66. The molecule has 0 N–H and O–H groups in total. The minimum absolute atomic E-state index is 0.640. The van der Waals surface area contributed by atoms with Gasteiger partial charge in [-0.1, -0.05) is 60.2 Å².